The monoisotopic (exact) mass is 379 g/mol. The molecule has 3 heterocycles. The summed E-state index contributed by atoms with van der Waals surface area (Å²) < 4.78 is 14.9. The predicted octanol–water partition coefficient (Wildman–Crippen LogP) is 2.99. The lowest BCUT2D eigenvalue weighted by Gasteiger charge is -2.36. The van der Waals surface area contributed by atoms with Crippen LogP contribution < -0.4 is 4.90 Å². The number of nitrogens with zero attached hydrogens (tertiary/aromatic N) is 5. The fourth-order valence-electron chi connectivity index (χ4n) is 3.70. The zero-order chi connectivity index (χ0) is 19.7. The Bertz CT molecular complexity index is 976. The van der Waals surface area contributed by atoms with E-state index in [2.05, 4.69) is 15.0 Å². The first-order valence-electron chi connectivity index (χ1n) is 9.32. The molecule has 0 unspecified atom stereocenters. The van der Waals surface area contributed by atoms with E-state index in [1.807, 2.05) is 41.6 Å². The molecule has 0 saturated carbocycles. The molecule has 1 aromatic carbocycles. The van der Waals surface area contributed by atoms with Crippen LogP contribution in [0.4, 0.5) is 10.1 Å². The van der Waals surface area contributed by atoms with E-state index in [-0.39, 0.29) is 11.7 Å². The number of aromatic nitrogens is 3. The van der Waals surface area contributed by atoms with Gasteiger partial charge in [-0.25, -0.2) is 14.1 Å². The second kappa shape index (κ2) is 7.42. The van der Waals surface area contributed by atoms with Crippen LogP contribution in [0, 0.1) is 19.7 Å². The number of rotatable bonds is 3. The first-order chi connectivity index (χ1) is 13.5. The van der Waals surface area contributed by atoms with Crippen molar-refractivity contribution in [3.8, 4) is 5.82 Å². The quantitative estimate of drug-likeness (QED) is 0.702. The zero-order valence-corrected chi connectivity index (χ0v) is 16.0. The number of anilines is 1. The average Bonchev–Trinajstić information content (AvgIpc) is 3.03. The van der Waals surface area contributed by atoms with Crippen LogP contribution in [0.2, 0.25) is 0 Å². The van der Waals surface area contributed by atoms with E-state index in [9.17, 15) is 9.18 Å². The molecule has 1 saturated heterocycles. The highest BCUT2D eigenvalue weighted by Gasteiger charge is 2.26. The highest BCUT2D eigenvalue weighted by atomic mass is 19.1. The number of pyridine rings is 1. The van der Waals surface area contributed by atoms with Gasteiger partial charge < -0.3 is 9.80 Å². The second-order valence-corrected chi connectivity index (χ2v) is 6.91. The molecule has 0 atom stereocenters. The zero-order valence-electron chi connectivity index (χ0n) is 16.0. The van der Waals surface area contributed by atoms with Gasteiger partial charge in [-0.2, -0.15) is 5.10 Å². The highest BCUT2D eigenvalue weighted by molar-refractivity contribution is 5.94. The van der Waals surface area contributed by atoms with Crippen LogP contribution in [-0.4, -0.2) is 51.8 Å². The van der Waals surface area contributed by atoms with E-state index in [4.69, 9.17) is 0 Å². The van der Waals surface area contributed by atoms with E-state index < -0.39 is 0 Å². The minimum Gasteiger partial charge on any atom is -0.365 e. The Morgan fingerprint density at radius 2 is 1.71 bits per heavy atom. The summed E-state index contributed by atoms with van der Waals surface area (Å²) in [6, 6.07) is 11.5. The van der Waals surface area contributed by atoms with Gasteiger partial charge in [0.05, 0.1) is 17.1 Å². The summed E-state index contributed by atoms with van der Waals surface area (Å²) in [7, 11) is 0. The summed E-state index contributed by atoms with van der Waals surface area (Å²) in [5.74, 6) is 0.397. The van der Waals surface area contributed by atoms with E-state index in [0.717, 1.165) is 36.0 Å². The van der Waals surface area contributed by atoms with Gasteiger partial charge in [0, 0.05) is 37.9 Å². The van der Waals surface area contributed by atoms with E-state index >= 15 is 0 Å². The number of aryl methyl sites for hydroxylation is 1. The van der Waals surface area contributed by atoms with Gasteiger partial charge in [0.1, 0.15) is 5.82 Å². The van der Waals surface area contributed by atoms with Gasteiger partial charge >= 0.3 is 0 Å². The smallest absolute Gasteiger partial charge is 0.253 e. The molecule has 144 valence electrons. The third-order valence-electron chi connectivity index (χ3n) is 5.09. The Balaban J connectivity index is 1.49. The molecule has 0 bridgehead atoms. The molecule has 7 heteroatoms. The van der Waals surface area contributed by atoms with Gasteiger partial charge in [-0.05, 0) is 50.2 Å². The number of piperazine rings is 1. The highest BCUT2D eigenvalue weighted by Crippen LogP contribution is 2.27. The van der Waals surface area contributed by atoms with Crippen molar-refractivity contribution in [2.24, 2.45) is 0 Å². The molecule has 0 radical (unpaired) electrons. The van der Waals surface area contributed by atoms with Crippen LogP contribution in [0.1, 0.15) is 21.7 Å². The number of hydrogen-bond donors (Lipinski definition) is 0. The molecule has 3 aromatic rings. The standard InChI is InChI=1S/C21H22FN5O/c1-15-20(16(2)27(24-15)19-5-3-4-10-23-19)25-11-13-26(14-12-25)21(28)17-6-8-18(22)9-7-17/h3-10H,11-14H2,1-2H3. The second-order valence-electron chi connectivity index (χ2n) is 6.91. The third kappa shape index (κ3) is 3.35. The van der Waals surface area contributed by atoms with Crippen LogP contribution in [0.5, 0.6) is 0 Å². The molecule has 1 fully saturated rings. The Labute approximate surface area is 163 Å². The van der Waals surface area contributed by atoms with Gasteiger partial charge in [0.25, 0.3) is 5.91 Å². The first-order valence-corrected chi connectivity index (χ1v) is 9.32. The molecular formula is C21H22FN5O. The third-order valence-corrected chi connectivity index (χ3v) is 5.09. The maximum Gasteiger partial charge on any atom is 0.253 e. The van der Waals surface area contributed by atoms with E-state index in [1.165, 1.54) is 24.3 Å². The van der Waals surface area contributed by atoms with E-state index in [1.54, 1.807) is 6.20 Å². The Morgan fingerprint density at radius 1 is 1.00 bits per heavy atom. The van der Waals surface area contributed by atoms with E-state index in [0.29, 0.717) is 18.7 Å². The molecule has 1 amide bonds. The fraction of sp³-hybridized carbons (Fsp3) is 0.286. The molecule has 2 aromatic heterocycles. The normalized spacial score (nSPS) is 14.4. The van der Waals surface area contributed by atoms with Crippen molar-refractivity contribution in [2.75, 3.05) is 31.1 Å². The van der Waals surface area contributed by atoms with Crippen LogP contribution >= 0.6 is 0 Å². The molecule has 1 aliphatic rings. The lowest BCUT2D eigenvalue weighted by Crippen LogP contribution is -2.49. The Morgan fingerprint density at radius 3 is 2.36 bits per heavy atom. The SMILES string of the molecule is Cc1nn(-c2ccccn2)c(C)c1N1CCN(C(=O)c2ccc(F)cc2)CC1. The minimum absolute atomic E-state index is 0.0581. The Kier molecular flexibility index (Phi) is 4.81. The number of benzene rings is 1. The van der Waals surface area contributed by atoms with Crippen molar-refractivity contribution < 1.29 is 9.18 Å². The molecule has 4 rings (SSSR count). The Hall–Kier alpha value is -3.22. The predicted molar refractivity (Wildman–Crippen MR) is 105 cm³/mol. The molecule has 0 N–H and O–H groups in total. The summed E-state index contributed by atoms with van der Waals surface area (Å²) in [6.45, 7) is 6.72. The first kappa shape index (κ1) is 18.2. The number of halogens is 1. The number of carbonyl (C=O) groups excluding carboxylic acids is 1. The summed E-state index contributed by atoms with van der Waals surface area (Å²) in [5, 5.41) is 4.66. The number of hydrogen-bond acceptors (Lipinski definition) is 4. The summed E-state index contributed by atoms with van der Waals surface area (Å²) in [4.78, 5) is 21.1. The fourth-order valence-corrected chi connectivity index (χ4v) is 3.70. The lowest BCUT2D eigenvalue weighted by atomic mass is 10.1. The maximum atomic E-state index is 13.1. The van der Waals surface area contributed by atoms with Crippen molar-refractivity contribution in [2.45, 2.75) is 13.8 Å². The summed E-state index contributed by atoms with van der Waals surface area (Å²) in [5.41, 5.74) is 3.60. The summed E-state index contributed by atoms with van der Waals surface area (Å²) >= 11 is 0. The van der Waals surface area contributed by atoms with Gasteiger partial charge in [-0.15, -0.1) is 0 Å². The molecule has 28 heavy (non-hydrogen) atoms. The molecule has 6 nitrogen and oxygen atoms in total. The molecule has 0 spiro atoms. The van der Waals surface area contributed by atoms with Crippen LogP contribution in [0.15, 0.2) is 48.7 Å². The minimum atomic E-state index is -0.336. The molecule has 1 aliphatic heterocycles. The van der Waals surface area contributed by atoms with Gasteiger partial charge in [0.15, 0.2) is 5.82 Å². The lowest BCUT2D eigenvalue weighted by molar-refractivity contribution is 0.0746. The maximum absolute atomic E-state index is 13.1. The summed E-state index contributed by atoms with van der Waals surface area (Å²) in [6.07, 6.45) is 1.76. The van der Waals surface area contributed by atoms with Gasteiger partial charge in [-0.3, -0.25) is 4.79 Å². The van der Waals surface area contributed by atoms with Crippen molar-refractivity contribution in [3.63, 3.8) is 0 Å². The van der Waals surface area contributed by atoms with Gasteiger partial charge in [-0.1, -0.05) is 6.07 Å². The van der Waals surface area contributed by atoms with Crippen LogP contribution in [0.3, 0.4) is 0 Å². The number of amides is 1. The average molecular weight is 379 g/mol. The van der Waals surface area contributed by atoms with Gasteiger partial charge in [0.2, 0.25) is 0 Å². The largest absolute Gasteiger partial charge is 0.365 e. The van der Waals surface area contributed by atoms with Crippen molar-refractivity contribution in [1.82, 2.24) is 19.7 Å². The topological polar surface area (TPSA) is 54.3 Å². The molecule has 0 aliphatic carbocycles. The van der Waals surface area contributed by atoms with Crippen molar-refractivity contribution in [3.05, 3.63) is 71.4 Å². The van der Waals surface area contributed by atoms with Crippen LogP contribution in [0.25, 0.3) is 5.82 Å². The molecular weight excluding hydrogens is 357 g/mol. The van der Waals surface area contributed by atoms with Crippen LogP contribution in [-0.2, 0) is 0 Å². The number of carbonyl (C=O) groups is 1. The van der Waals surface area contributed by atoms with Crippen molar-refractivity contribution >= 4 is 11.6 Å². The van der Waals surface area contributed by atoms with Crippen molar-refractivity contribution in [1.29, 1.82) is 0 Å².